The van der Waals surface area contributed by atoms with Crippen LogP contribution in [0, 0.1) is 0 Å². The van der Waals surface area contributed by atoms with Crippen molar-refractivity contribution in [1.29, 1.82) is 0 Å². The topological polar surface area (TPSA) is 41.6 Å². The Hall–Kier alpha value is -0.930. The average molecular weight is 312 g/mol. The van der Waals surface area contributed by atoms with Gasteiger partial charge in [-0.2, -0.15) is 0 Å². The summed E-state index contributed by atoms with van der Waals surface area (Å²) in [5.74, 6) is 0.644. The number of halogens is 2. The fourth-order valence-electron chi connectivity index (χ4n) is 3.53. The Morgan fingerprint density at radius 2 is 2.00 bits per heavy atom. The fraction of sp³-hybridized carbons (Fsp3) is 0.533. The Morgan fingerprint density at radius 1 is 1.30 bits per heavy atom. The van der Waals surface area contributed by atoms with Crippen LogP contribution in [0.4, 0.5) is 0 Å². The molecule has 0 radical (unpaired) electrons. The Bertz CT molecular complexity index is 552. The second-order valence-corrected chi connectivity index (χ2v) is 6.72. The van der Waals surface area contributed by atoms with E-state index in [0.717, 1.165) is 5.56 Å². The normalized spacial score (nSPS) is 27.1. The van der Waals surface area contributed by atoms with Crippen LogP contribution in [-0.2, 0) is 5.54 Å². The Balaban J connectivity index is 2.01. The number of benzene rings is 1. The van der Waals surface area contributed by atoms with Gasteiger partial charge in [-0.25, -0.2) is 0 Å². The van der Waals surface area contributed by atoms with Gasteiger partial charge in [-0.05, 0) is 37.5 Å². The zero-order valence-electron chi connectivity index (χ0n) is 11.6. The zero-order chi connectivity index (χ0) is 14.3. The SMILES string of the molecule is CC1(c2ccc(Cl)cc2Cl)CN=C(N)N1C1CCCC1. The first-order chi connectivity index (χ1) is 9.52. The Morgan fingerprint density at radius 3 is 2.65 bits per heavy atom. The molecule has 1 atom stereocenters. The van der Waals surface area contributed by atoms with Crippen molar-refractivity contribution in [2.24, 2.45) is 10.7 Å². The lowest BCUT2D eigenvalue weighted by Gasteiger charge is -2.41. The predicted molar refractivity (Wildman–Crippen MR) is 84.4 cm³/mol. The van der Waals surface area contributed by atoms with E-state index >= 15 is 0 Å². The summed E-state index contributed by atoms with van der Waals surface area (Å²) in [6.07, 6.45) is 4.88. The molecule has 108 valence electrons. The summed E-state index contributed by atoms with van der Waals surface area (Å²) in [5.41, 5.74) is 6.95. The second kappa shape index (κ2) is 5.12. The van der Waals surface area contributed by atoms with E-state index in [2.05, 4.69) is 16.8 Å². The van der Waals surface area contributed by atoms with E-state index in [9.17, 15) is 0 Å². The third-order valence-electron chi connectivity index (χ3n) is 4.53. The van der Waals surface area contributed by atoms with Gasteiger partial charge in [0.2, 0.25) is 0 Å². The molecule has 1 unspecified atom stereocenters. The molecule has 0 aromatic heterocycles. The maximum absolute atomic E-state index is 6.42. The minimum absolute atomic E-state index is 0.263. The van der Waals surface area contributed by atoms with Crippen LogP contribution in [0.2, 0.25) is 10.0 Å². The van der Waals surface area contributed by atoms with Crippen molar-refractivity contribution in [1.82, 2.24) is 4.90 Å². The van der Waals surface area contributed by atoms with Crippen molar-refractivity contribution in [3.63, 3.8) is 0 Å². The van der Waals surface area contributed by atoms with Gasteiger partial charge in [0.1, 0.15) is 0 Å². The van der Waals surface area contributed by atoms with Crippen molar-refractivity contribution in [2.75, 3.05) is 6.54 Å². The molecule has 5 heteroatoms. The molecule has 2 N–H and O–H groups in total. The molecule has 1 heterocycles. The van der Waals surface area contributed by atoms with Gasteiger partial charge in [-0.15, -0.1) is 0 Å². The van der Waals surface area contributed by atoms with Gasteiger partial charge in [-0.1, -0.05) is 42.1 Å². The summed E-state index contributed by atoms with van der Waals surface area (Å²) in [6.45, 7) is 2.82. The Labute approximate surface area is 129 Å². The summed E-state index contributed by atoms with van der Waals surface area (Å²) < 4.78 is 0. The number of nitrogens with two attached hydrogens (primary N) is 1. The zero-order valence-corrected chi connectivity index (χ0v) is 13.1. The van der Waals surface area contributed by atoms with Crippen LogP contribution < -0.4 is 5.73 Å². The predicted octanol–water partition coefficient (Wildman–Crippen LogP) is 3.78. The van der Waals surface area contributed by atoms with Gasteiger partial charge >= 0.3 is 0 Å². The van der Waals surface area contributed by atoms with Gasteiger partial charge in [-0.3, -0.25) is 4.99 Å². The molecule has 0 bridgehead atoms. The lowest BCUT2D eigenvalue weighted by atomic mass is 9.89. The molecule has 20 heavy (non-hydrogen) atoms. The van der Waals surface area contributed by atoms with E-state index < -0.39 is 0 Å². The van der Waals surface area contributed by atoms with E-state index in [1.54, 1.807) is 6.07 Å². The first-order valence-electron chi connectivity index (χ1n) is 7.07. The molecular weight excluding hydrogens is 293 g/mol. The minimum atomic E-state index is -0.263. The van der Waals surface area contributed by atoms with Crippen molar-refractivity contribution in [3.8, 4) is 0 Å². The largest absolute Gasteiger partial charge is 0.370 e. The maximum Gasteiger partial charge on any atom is 0.192 e. The van der Waals surface area contributed by atoms with E-state index in [4.69, 9.17) is 28.9 Å². The van der Waals surface area contributed by atoms with Gasteiger partial charge in [0.15, 0.2) is 5.96 Å². The summed E-state index contributed by atoms with van der Waals surface area (Å²) in [5, 5.41) is 1.34. The van der Waals surface area contributed by atoms with E-state index in [0.29, 0.717) is 28.6 Å². The number of nitrogens with zero attached hydrogens (tertiary/aromatic N) is 2. The summed E-state index contributed by atoms with van der Waals surface area (Å²) >= 11 is 12.4. The lowest BCUT2D eigenvalue weighted by Crippen LogP contribution is -2.52. The van der Waals surface area contributed by atoms with Crippen LogP contribution in [0.1, 0.15) is 38.2 Å². The molecule has 1 aliphatic heterocycles. The number of aliphatic imine (C=N–C) groups is 1. The highest BCUT2D eigenvalue weighted by atomic mass is 35.5. The van der Waals surface area contributed by atoms with E-state index in [-0.39, 0.29) is 5.54 Å². The highest BCUT2D eigenvalue weighted by Gasteiger charge is 2.44. The van der Waals surface area contributed by atoms with Gasteiger partial charge in [0.05, 0.1) is 12.1 Å². The molecule has 1 aromatic carbocycles. The lowest BCUT2D eigenvalue weighted by molar-refractivity contribution is 0.167. The smallest absolute Gasteiger partial charge is 0.192 e. The van der Waals surface area contributed by atoms with Crippen LogP contribution in [0.3, 0.4) is 0 Å². The van der Waals surface area contributed by atoms with Crippen LogP contribution in [0.15, 0.2) is 23.2 Å². The molecule has 1 aliphatic carbocycles. The van der Waals surface area contributed by atoms with E-state index in [1.165, 1.54) is 25.7 Å². The number of hydrogen-bond donors (Lipinski definition) is 1. The van der Waals surface area contributed by atoms with Crippen molar-refractivity contribution in [3.05, 3.63) is 33.8 Å². The number of guanidine groups is 1. The minimum Gasteiger partial charge on any atom is -0.370 e. The quantitative estimate of drug-likeness (QED) is 0.903. The van der Waals surface area contributed by atoms with Gasteiger partial charge < -0.3 is 10.6 Å². The molecule has 1 saturated carbocycles. The monoisotopic (exact) mass is 311 g/mol. The average Bonchev–Trinajstić information content (AvgIpc) is 2.98. The van der Waals surface area contributed by atoms with Crippen LogP contribution in [0.5, 0.6) is 0 Å². The van der Waals surface area contributed by atoms with Gasteiger partial charge in [0, 0.05) is 16.1 Å². The van der Waals surface area contributed by atoms with Crippen LogP contribution in [-0.4, -0.2) is 23.4 Å². The molecular formula is C15H19Cl2N3. The number of hydrogen-bond acceptors (Lipinski definition) is 3. The molecule has 1 aromatic rings. The summed E-state index contributed by atoms with van der Waals surface area (Å²) in [6, 6.07) is 6.15. The van der Waals surface area contributed by atoms with Gasteiger partial charge in [0.25, 0.3) is 0 Å². The molecule has 2 aliphatic rings. The summed E-state index contributed by atoms with van der Waals surface area (Å²) in [4.78, 5) is 6.76. The van der Waals surface area contributed by atoms with Crippen molar-refractivity contribution in [2.45, 2.75) is 44.2 Å². The first kappa shape index (κ1) is 14.0. The fourth-order valence-corrected chi connectivity index (χ4v) is 4.15. The number of rotatable bonds is 2. The molecule has 0 spiro atoms. The Kier molecular flexibility index (Phi) is 3.59. The highest BCUT2D eigenvalue weighted by molar-refractivity contribution is 6.35. The van der Waals surface area contributed by atoms with Crippen molar-refractivity contribution < 1.29 is 0 Å². The second-order valence-electron chi connectivity index (χ2n) is 5.88. The highest BCUT2D eigenvalue weighted by Crippen LogP contribution is 2.41. The molecule has 0 saturated heterocycles. The maximum atomic E-state index is 6.42. The molecule has 0 amide bonds. The third-order valence-corrected chi connectivity index (χ3v) is 5.08. The molecule has 1 fully saturated rings. The van der Waals surface area contributed by atoms with Crippen LogP contribution in [0.25, 0.3) is 0 Å². The van der Waals surface area contributed by atoms with E-state index in [1.807, 2.05) is 12.1 Å². The van der Waals surface area contributed by atoms with Crippen molar-refractivity contribution >= 4 is 29.2 Å². The molecule has 3 rings (SSSR count). The standard InChI is InChI=1S/C15H19Cl2N3/c1-15(12-7-6-10(16)8-13(12)17)9-19-14(18)20(15)11-4-2-3-5-11/h6-8,11H,2-5,9H2,1H3,(H2,18,19). The molecule has 3 nitrogen and oxygen atoms in total. The van der Waals surface area contributed by atoms with Crippen LogP contribution >= 0.6 is 23.2 Å². The third kappa shape index (κ3) is 2.17. The first-order valence-corrected chi connectivity index (χ1v) is 7.83. The summed E-state index contributed by atoms with van der Waals surface area (Å²) in [7, 11) is 0.